The maximum Gasteiger partial charge on any atom is 0.303 e. The van der Waals surface area contributed by atoms with Crippen molar-refractivity contribution in [2.45, 2.75) is 12.8 Å². The topological polar surface area (TPSA) is 79.1 Å². The zero-order valence-corrected chi connectivity index (χ0v) is 6.30. The van der Waals surface area contributed by atoms with Crippen LogP contribution in [0.5, 0.6) is 0 Å². The minimum absolute atomic E-state index is 0.0298. The van der Waals surface area contributed by atoms with E-state index in [4.69, 9.17) is 5.11 Å². The summed E-state index contributed by atoms with van der Waals surface area (Å²) < 4.78 is 0. The first-order chi connectivity index (χ1) is 5.70. The molecule has 1 atom stereocenters. The summed E-state index contributed by atoms with van der Waals surface area (Å²) in [5, 5.41) is 8.34. The van der Waals surface area contributed by atoms with Crippen LogP contribution in [0.3, 0.4) is 0 Å². The number of amides is 1. The standard InChI is InChI=1S/C7H8N2O3/c10-6(11)2-1-5-3-8-4-9-7(5)12/h3-5H,1-2H2,(H,10,11). The van der Waals surface area contributed by atoms with Crippen LogP contribution in [0.2, 0.25) is 0 Å². The third-order valence-corrected chi connectivity index (χ3v) is 1.50. The number of carbonyl (C=O) groups excluding carboxylic acids is 1. The molecule has 0 aromatic carbocycles. The van der Waals surface area contributed by atoms with Crippen LogP contribution in [0.1, 0.15) is 12.8 Å². The molecule has 12 heavy (non-hydrogen) atoms. The van der Waals surface area contributed by atoms with Crippen molar-refractivity contribution in [3.63, 3.8) is 0 Å². The molecule has 1 N–H and O–H groups in total. The SMILES string of the molecule is O=C(O)CCC1C=NC=NC1=O. The van der Waals surface area contributed by atoms with Gasteiger partial charge in [-0.15, -0.1) is 0 Å². The van der Waals surface area contributed by atoms with Gasteiger partial charge in [0.05, 0.1) is 5.92 Å². The summed E-state index contributed by atoms with van der Waals surface area (Å²) in [7, 11) is 0. The lowest BCUT2D eigenvalue weighted by Gasteiger charge is -2.07. The molecule has 0 aromatic heterocycles. The molecule has 1 rings (SSSR count). The molecule has 1 amide bonds. The van der Waals surface area contributed by atoms with Gasteiger partial charge < -0.3 is 5.11 Å². The van der Waals surface area contributed by atoms with E-state index in [0.29, 0.717) is 0 Å². The first-order valence-electron chi connectivity index (χ1n) is 3.51. The van der Waals surface area contributed by atoms with Crippen molar-refractivity contribution in [3.05, 3.63) is 0 Å². The van der Waals surface area contributed by atoms with E-state index >= 15 is 0 Å². The zero-order chi connectivity index (χ0) is 8.97. The molecular formula is C7H8N2O3. The molecule has 5 nitrogen and oxygen atoms in total. The Hall–Kier alpha value is -1.52. The number of aliphatic imine (C=N–C) groups is 2. The number of aliphatic carboxylic acids is 1. The monoisotopic (exact) mass is 168 g/mol. The van der Waals surface area contributed by atoms with Gasteiger partial charge in [-0.2, -0.15) is 0 Å². The van der Waals surface area contributed by atoms with Gasteiger partial charge >= 0.3 is 5.97 Å². The van der Waals surface area contributed by atoms with Crippen LogP contribution in [0.25, 0.3) is 0 Å². The first kappa shape index (κ1) is 8.58. The molecular weight excluding hydrogens is 160 g/mol. The van der Waals surface area contributed by atoms with Crippen molar-refractivity contribution in [1.82, 2.24) is 0 Å². The van der Waals surface area contributed by atoms with E-state index in [1.165, 1.54) is 12.6 Å². The molecule has 0 aromatic rings. The smallest absolute Gasteiger partial charge is 0.303 e. The highest BCUT2D eigenvalue weighted by atomic mass is 16.4. The minimum Gasteiger partial charge on any atom is -0.481 e. The van der Waals surface area contributed by atoms with E-state index in [9.17, 15) is 9.59 Å². The van der Waals surface area contributed by atoms with Crippen LogP contribution in [0.4, 0.5) is 0 Å². The highest BCUT2D eigenvalue weighted by molar-refractivity contribution is 6.02. The second kappa shape index (κ2) is 3.75. The van der Waals surface area contributed by atoms with Gasteiger partial charge in [0.1, 0.15) is 6.34 Å². The molecule has 0 saturated carbocycles. The lowest BCUT2D eigenvalue weighted by Crippen LogP contribution is -2.18. The third kappa shape index (κ3) is 2.26. The van der Waals surface area contributed by atoms with E-state index in [2.05, 4.69) is 9.98 Å². The fourth-order valence-electron chi connectivity index (χ4n) is 0.869. The molecule has 0 radical (unpaired) electrons. The van der Waals surface area contributed by atoms with Gasteiger partial charge in [-0.1, -0.05) is 0 Å². The number of hydrogen-bond donors (Lipinski definition) is 1. The first-order valence-corrected chi connectivity index (χ1v) is 3.51. The van der Waals surface area contributed by atoms with Gasteiger partial charge in [0.2, 0.25) is 0 Å². The van der Waals surface area contributed by atoms with E-state index in [0.717, 1.165) is 0 Å². The van der Waals surface area contributed by atoms with Gasteiger partial charge in [-0.05, 0) is 6.42 Å². The maximum atomic E-state index is 10.9. The summed E-state index contributed by atoms with van der Waals surface area (Å²) in [5.74, 6) is -1.68. The Labute approximate surface area is 68.8 Å². The van der Waals surface area contributed by atoms with E-state index < -0.39 is 11.9 Å². The number of rotatable bonds is 3. The van der Waals surface area contributed by atoms with Crippen molar-refractivity contribution < 1.29 is 14.7 Å². The van der Waals surface area contributed by atoms with Crippen LogP contribution in [0, 0.1) is 5.92 Å². The second-order valence-corrected chi connectivity index (χ2v) is 2.42. The summed E-state index contributed by atoms with van der Waals surface area (Å²) in [4.78, 5) is 28.2. The molecule has 1 unspecified atom stereocenters. The highest BCUT2D eigenvalue weighted by Crippen LogP contribution is 2.08. The lowest BCUT2D eigenvalue weighted by atomic mass is 10.0. The van der Waals surface area contributed by atoms with Crippen molar-refractivity contribution in [2.75, 3.05) is 0 Å². The predicted molar refractivity (Wildman–Crippen MR) is 42.4 cm³/mol. The number of carboxylic acid groups (broad SMARTS) is 1. The number of hydrogen-bond acceptors (Lipinski definition) is 3. The van der Waals surface area contributed by atoms with Gasteiger partial charge in [-0.25, -0.2) is 9.98 Å². The molecule has 0 bridgehead atoms. The normalized spacial score (nSPS) is 21.3. The van der Waals surface area contributed by atoms with Gasteiger partial charge in [0, 0.05) is 12.6 Å². The van der Waals surface area contributed by atoms with Crippen molar-refractivity contribution in [3.8, 4) is 0 Å². The summed E-state index contributed by atoms with van der Waals surface area (Å²) >= 11 is 0. The molecule has 0 saturated heterocycles. The van der Waals surface area contributed by atoms with Crippen LogP contribution in [0.15, 0.2) is 9.98 Å². The predicted octanol–water partition coefficient (Wildman–Crippen LogP) is 0.107. The Kier molecular flexibility index (Phi) is 2.68. The lowest BCUT2D eigenvalue weighted by molar-refractivity contribution is -0.137. The summed E-state index contributed by atoms with van der Waals surface area (Å²) in [5.41, 5.74) is 0. The molecule has 1 aliphatic heterocycles. The summed E-state index contributed by atoms with van der Waals surface area (Å²) in [6.07, 6.45) is 2.84. The molecule has 0 spiro atoms. The van der Waals surface area contributed by atoms with Crippen molar-refractivity contribution in [2.24, 2.45) is 15.9 Å². The van der Waals surface area contributed by atoms with Crippen molar-refractivity contribution in [1.29, 1.82) is 0 Å². The molecule has 0 aliphatic carbocycles. The quantitative estimate of drug-likeness (QED) is 0.649. The Morgan fingerprint density at radius 2 is 2.42 bits per heavy atom. The van der Waals surface area contributed by atoms with Gasteiger partial charge in [-0.3, -0.25) is 9.59 Å². The van der Waals surface area contributed by atoms with Crippen LogP contribution in [-0.4, -0.2) is 29.5 Å². The molecule has 1 heterocycles. The van der Waals surface area contributed by atoms with E-state index in [1.807, 2.05) is 0 Å². The Bertz CT molecular complexity index is 257. The van der Waals surface area contributed by atoms with Crippen molar-refractivity contribution >= 4 is 24.4 Å². The molecule has 5 heteroatoms. The maximum absolute atomic E-state index is 10.9. The minimum atomic E-state index is -0.911. The number of nitrogens with zero attached hydrogens (tertiary/aromatic N) is 2. The average Bonchev–Trinajstić information content (AvgIpc) is 2.03. The highest BCUT2D eigenvalue weighted by Gasteiger charge is 2.17. The largest absolute Gasteiger partial charge is 0.481 e. The van der Waals surface area contributed by atoms with E-state index in [1.54, 1.807) is 0 Å². The second-order valence-electron chi connectivity index (χ2n) is 2.42. The van der Waals surface area contributed by atoms with E-state index in [-0.39, 0.29) is 18.7 Å². The number of carboxylic acids is 1. The van der Waals surface area contributed by atoms with Crippen LogP contribution in [-0.2, 0) is 9.59 Å². The van der Waals surface area contributed by atoms with Gasteiger partial charge in [0.25, 0.3) is 5.91 Å². The number of carbonyl (C=O) groups is 2. The Balaban J connectivity index is 2.42. The summed E-state index contributed by atoms with van der Waals surface area (Å²) in [6, 6.07) is 0. The molecule has 1 aliphatic rings. The van der Waals surface area contributed by atoms with Crippen LogP contribution < -0.4 is 0 Å². The van der Waals surface area contributed by atoms with Crippen LogP contribution >= 0.6 is 0 Å². The van der Waals surface area contributed by atoms with Gasteiger partial charge in [0.15, 0.2) is 0 Å². The Morgan fingerprint density at radius 3 is 3.00 bits per heavy atom. The Morgan fingerprint density at radius 1 is 1.67 bits per heavy atom. The fourth-order valence-corrected chi connectivity index (χ4v) is 0.869. The fraction of sp³-hybridized carbons (Fsp3) is 0.429. The summed E-state index contributed by atoms with van der Waals surface area (Å²) in [6.45, 7) is 0. The third-order valence-electron chi connectivity index (χ3n) is 1.50. The average molecular weight is 168 g/mol. The zero-order valence-electron chi connectivity index (χ0n) is 6.30. The molecule has 0 fully saturated rings. The molecule has 64 valence electrons.